The molecular formula is C49H37N2O9P. The number of esters is 2. The van der Waals surface area contributed by atoms with Crippen molar-refractivity contribution in [2.75, 3.05) is 5.32 Å². The van der Waals surface area contributed by atoms with Gasteiger partial charge in [-0.2, -0.15) is 0 Å². The van der Waals surface area contributed by atoms with Crippen molar-refractivity contribution in [3.8, 4) is 45.8 Å². The molecule has 1 amide bonds. The molecule has 1 aromatic heterocycles. The fraction of sp³-hybridized carbons (Fsp3) is 0.122. The van der Waals surface area contributed by atoms with Crippen LogP contribution in [0.3, 0.4) is 0 Å². The molecular weight excluding hydrogens is 792 g/mol. The number of para-hydroxylation sites is 1. The van der Waals surface area contributed by atoms with Gasteiger partial charge < -0.3 is 29.5 Å². The number of aromatic hydroxyl groups is 2. The summed E-state index contributed by atoms with van der Waals surface area (Å²) < 4.78 is 34.2. The molecule has 302 valence electrons. The molecule has 3 unspecified atom stereocenters. The Labute approximate surface area is 350 Å². The van der Waals surface area contributed by atoms with Crippen molar-refractivity contribution < 1.29 is 43.2 Å². The van der Waals surface area contributed by atoms with E-state index in [-0.39, 0.29) is 57.4 Å². The number of ether oxygens (including phenoxy) is 2. The Balaban J connectivity index is 0.804. The zero-order chi connectivity index (χ0) is 42.0. The van der Waals surface area contributed by atoms with Gasteiger partial charge in [-0.25, -0.2) is 9.59 Å². The third-order valence-corrected chi connectivity index (χ3v) is 14.2. The van der Waals surface area contributed by atoms with E-state index < -0.39 is 19.3 Å². The van der Waals surface area contributed by atoms with Gasteiger partial charge in [0.05, 0.1) is 27.4 Å². The maximum Gasteiger partial charge on any atom is 0.343 e. The van der Waals surface area contributed by atoms with E-state index in [1.807, 2.05) is 37.3 Å². The highest BCUT2D eigenvalue weighted by Crippen LogP contribution is 2.60. The van der Waals surface area contributed by atoms with Crippen LogP contribution in [0.25, 0.3) is 16.8 Å². The van der Waals surface area contributed by atoms with Gasteiger partial charge in [0.2, 0.25) is 11.8 Å². The minimum Gasteiger partial charge on any atom is -0.494 e. The predicted molar refractivity (Wildman–Crippen MR) is 230 cm³/mol. The van der Waals surface area contributed by atoms with Crippen LogP contribution in [-0.2, 0) is 4.57 Å². The summed E-state index contributed by atoms with van der Waals surface area (Å²) in [6.45, 7) is 1.85. The van der Waals surface area contributed by atoms with Crippen LogP contribution in [0, 0.1) is 6.92 Å². The number of aryl methyl sites for hydroxylation is 1. The summed E-state index contributed by atoms with van der Waals surface area (Å²) in [5, 5.41) is 25.5. The highest BCUT2D eigenvalue weighted by Gasteiger charge is 2.44. The lowest BCUT2D eigenvalue weighted by atomic mass is 9.95. The smallest absolute Gasteiger partial charge is 0.343 e. The van der Waals surface area contributed by atoms with Crippen LogP contribution in [0.15, 0.2) is 140 Å². The highest BCUT2D eigenvalue weighted by atomic mass is 31.2. The molecule has 3 N–H and O–H groups in total. The summed E-state index contributed by atoms with van der Waals surface area (Å²) in [5.74, 6) is -0.491. The molecule has 2 bridgehead atoms. The van der Waals surface area contributed by atoms with Gasteiger partial charge in [-0.15, -0.1) is 0 Å². The molecule has 3 atom stereocenters. The quantitative estimate of drug-likeness (QED) is 0.0772. The number of anilines is 1. The van der Waals surface area contributed by atoms with Gasteiger partial charge in [-0.3, -0.25) is 13.9 Å². The number of fused-ring (bicyclic) bond motifs is 8. The first kappa shape index (κ1) is 37.9. The van der Waals surface area contributed by atoms with Gasteiger partial charge in [0, 0.05) is 27.9 Å². The third kappa shape index (κ3) is 6.54. The lowest BCUT2D eigenvalue weighted by Gasteiger charge is -2.29. The lowest BCUT2D eigenvalue weighted by molar-refractivity contribution is 0.0734. The Bertz CT molecular complexity index is 2960. The zero-order valence-corrected chi connectivity index (χ0v) is 33.6. The molecule has 1 fully saturated rings. The van der Waals surface area contributed by atoms with E-state index in [2.05, 4.69) is 5.32 Å². The van der Waals surface area contributed by atoms with Gasteiger partial charge in [0.1, 0.15) is 17.2 Å². The fourth-order valence-electron chi connectivity index (χ4n) is 8.84. The summed E-state index contributed by atoms with van der Waals surface area (Å²) in [6, 6.07) is 38.5. The van der Waals surface area contributed by atoms with Crippen LogP contribution in [0.2, 0.25) is 0 Å². The molecule has 10 rings (SSSR count). The summed E-state index contributed by atoms with van der Waals surface area (Å²) >= 11 is 0. The first-order valence-electron chi connectivity index (χ1n) is 19.9. The predicted octanol–water partition coefficient (Wildman–Crippen LogP) is 9.54. The maximum atomic E-state index is 15.0. The molecule has 2 aliphatic carbocycles. The fourth-order valence-corrected chi connectivity index (χ4v) is 11.3. The zero-order valence-electron chi connectivity index (χ0n) is 32.7. The maximum absolute atomic E-state index is 15.0. The summed E-state index contributed by atoms with van der Waals surface area (Å²) in [4.78, 5) is 40.0. The molecule has 3 aliphatic rings. The molecule has 12 heteroatoms. The molecule has 11 nitrogen and oxygen atoms in total. The average Bonchev–Trinajstić information content (AvgIpc) is 3.98. The van der Waals surface area contributed by atoms with Crippen molar-refractivity contribution in [2.45, 2.75) is 38.0 Å². The highest BCUT2D eigenvalue weighted by molar-refractivity contribution is 7.75. The monoisotopic (exact) mass is 828 g/mol. The first-order chi connectivity index (χ1) is 29.6. The number of aromatic nitrogens is 1. The molecule has 7 aromatic rings. The SMILES string of the molecule is Cc1ccc(OC(=O)c2cccc(C(=O)Oc3ccc(NC(=O)c4ccc(-n5c(O)c6c(c5O)C5CCC6C5)cc4)cc3)c2)c(P2(=O)Oc3ccccc3-c3ccccc32)c1. The van der Waals surface area contributed by atoms with E-state index in [4.69, 9.17) is 14.0 Å². The van der Waals surface area contributed by atoms with Gasteiger partial charge in [0.25, 0.3) is 5.91 Å². The van der Waals surface area contributed by atoms with Crippen LogP contribution < -0.4 is 29.9 Å². The van der Waals surface area contributed by atoms with Crippen LogP contribution in [0.5, 0.6) is 29.0 Å². The van der Waals surface area contributed by atoms with E-state index >= 15 is 0 Å². The summed E-state index contributed by atoms with van der Waals surface area (Å²) in [6.07, 6.45) is 2.99. The van der Waals surface area contributed by atoms with Crippen molar-refractivity contribution in [3.63, 3.8) is 0 Å². The second kappa shape index (κ2) is 14.7. The first-order valence-corrected chi connectivity index (χ1v) is 21.5. The molecule has 0 saturated heterocycles. The normalized spacial score (nSPS) is 18.0. The number of nitrogens with one attached hydrogen (secondary N) is 1. The number of benzene rings is 6. The Kier molecular flexibility index (Phi) is 9.14. The standard InChI is InChI=1S/C49H37N2O9P/c1-28-13-24-40(42(25-28)61(57)41-12-5-3-10-38(41)37-9-2-4-11-39(37)60-61)59-49(56)33-8-6-7-32(27-33)48(55)58-36-22-18-34(19-23-36)50-45(52)29-16-20-35(21-17-29)51-46(53)43-30-14-15-31(26-30)44(43)47(51)54/h2-13,16-25,27,30-31,53-54H,14-15,26H2,1H3,(H,50,52). The van der Waals surface area contributed by atoms with Gasteiger partial charge in [0.15, 0.2) is 0 Å². The van der Waals surface area contributed by atoms with Gasteiger partial charge >= 0.3 is 19.3 Å². The van der Waals surface area contributed by atoms with Crippen molar-refractivity contribution >= 4 is 41.5 Å². The second-order valence-corrected chi connectivity index (χ2v) is 17.8. The number of carbonyl (C=O) groups is 3. The van der Waals surface area contributed by atoms with Gasteiger partial charge in [-0.1, -0.05) is 48.5 Å². The number of nitrogens with zero attached hydrogens (tertiary/aromatic N) is 1. The lowest BCUT2D eigenvalue weighted by Crippen LogP contribution is -2.27. The molecule has 6 aromatic carbocycles. The summed E-state index contributed by atoms with van der Waals surface area (Å²) in [5.41, 5.74) is 5.59. The van der Waals surface area contributed by atoms with Crippen LogP contribution >= 0.6 is 7.37 Å². The number of rotatable bonds is 8. The topological polar surface area (TPSA) is 153 Å². The molecule has 1 saturated carbocycles. The molecule has 1 aliphatic heterocycles. The molecule has 2 heterocycles. The third-order valence-electron chi connectivity index (χ3n) is 11.7. The number of amides is 1. The summed E-state index contributed by atoms with van der Waals surface area (Å²) in [7, 11) is -3.80. The van der Waals surface area contributed by atoms with Crippen molar-refractivity contribution in [1.29, 1.82) is 0 Å². The van der Waals surface area contributed by atoms with Crippen molar-refractivity contribution in [2.24, 2.45) is 0 Å². The Morgan fingerprint density at radius 1 is 0.672 bits per heavy atom. The minimum absolute atomic E-state index is 0.0599. The van der Waals surface area contributed by atoms with Crippen LogP contribution in [0.4, 0.5) is 5.69 Å². The van der Waals surface area contributed by atoms with E-state index in [9.17, 15) is 29.2 Å². The van der Waals surface area contributed by atoms with E-state index in [1.165, 1.54) is 41.0 Å². The van der Waals surface area contributed by atoms with Crippen LogP contribution in [0.1, 0.15) is 78.9 Å². The second-order valence-electron chi connectivity index (χ2n) is 15.5. The average molecular weight is 829 g/mol. The van der Waals surface area contributed by atoms with Crippen LogP contribution in [-0.4, -0.2) is 32.6 Å². The molecule has 0 radical (unpaired) electrons. The Hall–Kier alpha value is -7.36. The number of carbonyl (C=O) groups excluding carboxylic acids is 3. The van der Waals surface area contributed by atoms with Gasteiger partial charge in [-0.05, 0) is 140 Å². The molecule has 0 spiro atoms. The Morgan fingerprint density at radius 2 is 1.31 bits per heavy atom. The van der Waals surface area contributed by atoms with E-state index in [1.54, 1.807) is 72.8 Å². The largest absolute Gasteiger partial charge is 0.494 e. The van der Waals surface area contributed by atoms with Crippen molar-refractivity contribution in [1.82, 2.24) is 4.57 Å². The van der Waals surface area contributed by atoms with E-state index in [0.717, 1.165) is 47.1 Å². The van der Waals surface area contributed by atoms with Crippen molar-refractivity contribution in [3.05, 3.63) is 173 Å². The van der Waals surface area contributed by atoms with E-state index in [0.29, 0.717) is 28.0 Å². The Morgan fingerprint density at radius 3 is 2.02 bits per heavy atom. The molecule has 61 heavy (non-hydrogen) atoms. The number of hydrogen-bond donors (Lipinski definition) is 3. The minimum atomic E-state index is -3.80. The number of hydrogen-bond acceptors (Lipinski definition) is 9.